The van der Waals surface area contributed by atoms with Crippen LogP contribution in [0.4, 0.5) is 0 Å². The van der Waals surface area contributed by atoms with E-state index in [1.54, 1.807) is 0 Å². The molecule has 0 aromatic heterocycles. The fourth-order valence-electron chi connectivity index (χ4n) is 1.88. The molecule has 0 saturated carbocycles. The number of hydrogen-bond acceptors (Lipinski definition) is 2. The summed E-state index contributed by atoms with van der Waals surface area (Å²) in [5.74, 6) is 0.522. The van der Waals surface area contributed by atoms with Gasteiger partial charge in [0.1, 0.15) is 12.6 Å². The molecule has 0 rings (SSSR count). The van der Waals surface area contributed by atoms with E-state index in [2.05, 4.69) is 19.9 Å². The standard InChI is InChI=1S/C15H26O2/c1-3-8-15(13-17)10-7-5-4-6-9-14(2)11-12-16/h10,12-14H,3-9,11H2,1-2H3. The van der Waals surface area contributed by atoms with Crippen molar-refractivity contribution in [3.05, 3.63) is 11.6 Å². The molecule has 0 N–H and O–H groups in total. The summed E-state index contributed by atoms with van der Waals surface area (Å²) in [6, 6.07) is 0. The first-order valence-electron chi connectivity index (χ1n) is 6.82. The lowest BCUT2D eigenvalue weighted by atomic mass is 10.00. The Balaban J connectivity index is 3.50. The van der Waals surface area contributed by atoms with Crippen LogP contribution in [0.3, 0.4) is 0 Å². The Bertz CT molecular complexity index is 231. The van der Waals surface area contributed by atoms with Crippen LogP contribution in [-0.2, 0) is 9.59 Å². The highest BCUT2D eigenvalue weighted by molar-refractivity contribution is 5.72. The predicted molar refractivity (Wildman–Crippen MR) is 72.0 cm³/mol. The van der Waals surface area contributed by atoms with E-state index in [1.165, 1.54) is 12.8 Å². The van der Waals surface area contributed by atoms with Crippen molar-refractivity contribution in [2.24, 2.45) is 5.92 Å². The van der Waals surface area contributed by atoms with E-state index in [-0.39, 0.29) is 0 Å². The quantitative estimate of drug-likeness (QED) is 0.309. The lowest BCUT2D eigenvalue weighted by molar-refractivity contribution is -0.108. The van der Waals surface area contributed by atoms with Gasteiger partial charge in [-0.1, -0.05) is 45.6 Å². The molecule has 98 valence electrons. The van der Waals surface area contributed by atoms with Crippen LogP contribution in [0.2, 0.25) is 0 Å². The number of hydrogen-bond donors (Lipinski definition) is 0. The molecule has 0 aromatic rings. The van der Waals surface area contributed by atoms with E-state index in [0.717, 1.165) is 50.2 Å². The van der Waals surface area contributed by atoms with E-state index in [0.29, 0.717) is 12.3 Å². The maximum Gasteiger partial charge on any atom is 0.145 e. The van der Waals surface area contributed by atoms with Gasteiger partial charge in [-0.05, 0) is 30.8 Å². The first kappa shape index (κ1) is 16.1. The summed E-state index contributed by atoms with van der Waals surface area (Å²) in [5, 5.41) is 0. The van der Waals surface area contributed by atoms with Gasteiger partial charge >= 0.3 is 0 Å². The summed E-state index contributed by atoms with van der Waals surface area (Å²) in [4.78, 5) is 21.0. The first-order valence-corrected chi connectivity index (χ1v) is 6.82. The maximum atomic E-state index is 10.7. The molecule has 17 heavy (non-hydrogen) atoms. The number of allylic oxidation sites excluding steroid dienone is 2. The average Bonchev–Trinajstić information content (AvgIpc) is 2.32. The van der Waals surface area contributed by atoms with Crippen LogP contribution in [-0.4, -0.2) is 12.6 Å². The summed E-state index contributed by atoms with van der Waals surface area (Å²) in [6.45, 7) is 4.21. The summed E-state index contributed by atoms with van der Waals surface area (Å²) >= 11 is 0. The van der Waals surface area contributed by atoms with Crippen molar-refractivity contribution in [3.8, 4) is 0 Å². The molecule has 1 unspecified atom stereocenters. The van der Waals surface area contributed by atoms with Crippen LogP contribution >= 0.6 is 0 Å². The lowest BCUT2D eigenvalue weighted by Crippen LogP contribution is -1.95. The largest absolute Gasteiger partial charge is 0.303 e. The van der Waals surface area contributed by atoms with Crippen molar-refractivity contribution in [2.45, 2.75) is 65.2 Å². The van der Waals surface area contributed by atoms with Gasteiger partial charge in [-0.3, -0.25) is 4.79 Å². The highest BCUT2D eigenvalue weighted by Crippen LogP contribution is 2.13. The Hall–Kier alpha value is -0.920. The van der Waals surface area contributed by atoms with Crippen molar-refractivity contribution in [1.29, 1.82) is 0 Å². The molecule has 0 amide bonds. The Kier molecular flexibility index (Phi) is 10.9. The van der Waals surface area contributed by atoms with Crippen LogP contribution in [0.5, 0.6) is 0 Å². The number of carbonyl (C=O) groups is 2. The van der Waals surface area contributed by atoms with Gasteiger partial charge in [0.25, 0.3) is 0 Å². The Morgan fingerprint density at radius 1 is 1.18 bits per heavy atom. The third-order valence-corrected chi connectivity index (χ3v) is 3.00. The van der Waals surface area contributed by atoms with Gasteiger partial charge in [0.2, 0.25) is 0 Å². The van der Waals surface area contributed by atoms with Crippen LogP contribution in [0, 0.1) is 5.92 Å². The fraction of sp³-hybridized carbons (Fsp3) is 0.733. The minimum atomic E-state index is 0.522. The summed E-state index contributed by atoms with van der Waals surface area (Å²) < 4.78 is 0. The van der Waals surface area contributed by atoms with Gasteiger partial charge in [0, 0.05) is 6.42 Å². The molecule has 0 aliphatic carbocycles. The van der Waals surface area contributed by atoms with Gasteiger partial charge in [-0.2, -0.15) is 0 Å². The molecule has 0 fully saturated rings. The third-order valence-electron chi connectivity index (χ3n) is 3.00. The fourth-order valence-corrected chi connectivity index (χ4v) is 1.88. The minimum absolute atomic E-state index is 0.522. The lowest BCUT2D eigenvalue weighted by Gasteiger charge is -2.06. The van der Waals surface area contributed by atoms with E-state index < -0.39 is 0 Å². The molecule has 1 atom stereocenters. The Morgan fingerprint density at radius 2 is 1.94 bits per heavy atom. The number of rotatable bonds is 11. The van der Waals surface area contributed by atoms with Gasteiger partial charge in [0.05, 0.1) is 0 Å². The second kappa shape index (κ2) is 11.6. The monoisotopic (exact) mass is 238 g/mol. The Labute approximate surface area is 105 Å². The number of carbonyl (C=O) groups excluding carboxylic acids is 2. The highest BCUT2D eigenvalue weighted by Gasteiger charge is 2.00. The van der Waals surface area contributed by atoms with Gasteiger partial charge < -0.3 is 4.79 Å². The van der Waals surface area contributed by atoms with Crippen molar-refractivity contribution in [3.63, 3.8) is 0 Å². The second-order valence-corrected chi connectivity index (χ2v) is 4.79. The van der Waals surface area contributed by atoms with Crippen LogP contribution in [0.15, 0.2) is 11.6 Å². The van der Waals surface area contributed by atoms with E-state index >= 15 is 0 Å². The second-order valence-electron chi connectivity index (χ2n) is 4.79. The third kappa shape index (κ3) is 9.98. The molecular weight excluding hydrogens is 212 g/mol. The van der Waals surface area contributed by atoms with Gasteiger partial charge in [-0.25, -0.2) is 0 Å². The van der Waals surface area contributed by atoms with Crippen molar-refractivity contribution >= 4 is 12.6 Å². The molecule has 0 aromatic carbocycles. The molecule has 0 radical (unpaired) electrons. The number of aldehydes is 2. The Morgan fingerprint density at radius 3 is 2.53 bits per heavy atom. The molecule has 0 saturated heterocycles. The van der Waals surface area contributed by atoms with Gasteiger partial charge in [-0.15, -0.1) is 0 Å². The van der Waals surface area contributed by atoms with Crippen LogP contribution in [0.25, 0.3) is 0 Å². The van der Waals surface area contributed by atoms with Crippen molar-refractivity contribution < 1.29 is 9.59 Å². The first-order chi connectivity index (χ1) is 8.24. The van der Waals surface area contributed by atoms with Gasteiger partial charge in [0.15, 0.2) is 0 Å². The molecule has 0 aliphatic heterocycles. The molecule has 0 aliphatic rings. The molecular formula is C15H26O2. The molecule has 0 spiro atoms. The topological polar surface area (TPSA) is 34.1 Å². The normalized spacial score (nSPS) is 13.4. The molecule has 2 heteroatoms. The summed E-state index contributed by atoms with van der Waals surface area (Å²) in [7, 11) is 0. The van der Waals surface area contributed by atoms with Crippen LogP contribution < -0.4 is 0 Å². The molecule has 0 bridgehead atoms. The predicted octanol–water partition coefficient (Wildman–Crippen LogP) is 4.09. The molecule has 2 nitrogen and oxygen atoms in total. The van der Waals surface area contributed by atoms with E-state index in [9.17, 15) is 9.59 Å². The number of unbranched alkanes of at least 4 members (excludes halogenated alkanes) is 3. The van der Waals surface area contributed by atoms with E-state index in [4.69, 9.17) is 0 Å². The maximum absolute atomic E-state index is 10.7. The zero-order valence-electron chi connectivity index (χ0n) is 11.3. The minimum Gasteiger partial charge on any atom is -0.303 e. The summed E-state index contributed by atoms with van der Waals surface area (Å²) in [5.41, 5.74) is 0.946. The average molecular weight is 238 g/mol. The van der Waals surface area contributed by atoms with Crippen molar-refractivity contribution in [1.82, 2.24) is 0 Å². The zero-order chi connectivity index (χ0) is 12.9. The summed E-state index contributed by atoms with van der Waals surface area (Å²) in [6.07, 6.45) is 12.4. The zero-order valence-corrected chi connectivity index (χ0v) is 11.3. The highest BCUT2D eigenvalue weighted by atomic mass is 16.1. The van der Waals surface area contributed by atoms with Crippen LogP contribution in [0.1, 0.15) is 65.2 Å². The molecule has 0 heterocycles. The van der Waals surface area contributed by atoms with Crippen molar-refractivity contribution in [2.75, 3.05) is 0 Å². The van der Waals surface area contributed by atoms with E-state index in [1.807, 2.05) is 0 Å². The SMILES string of the molecule is CCCC(C=O)=CCCCCCC(C)CC=O. The smallest absolute Gasteiger partial charge is 0.145 e.